The third-order valence-electron chi connectivity index (χ3n) is 8.73. The summed E-state index contributed by atoms with van der Waals surface area (Å²) >= 11 is 0. The van der Waals surface area contributed by atoms with Gasteiger partial charge in [0.05, 0.1) is 0 Å². The van der Waals surface area contributed by atoms with Crippen LogP contribution in [0.3, 0.4) is 0 Å². The summed E-state index contributed by atoms with van der Waals surface area (Å²) in [5, 5.41) is 9.80. The summed E-state index contributed by atoms with van der Waals surface area (Å²) in [6.45, 7) is 4.15. The van der Waals surface area contributed by atoms with Gasteiger partial charge in [0.15, 0.2) is 11.6 Å². The number of benzene rings is 1. The first-order chi connectivity index (χ1) is 14.4. The number of Topliss-reactive ketones (excluding diaryl/α,β-unsaturated/α-hetero) is 1. The zero-order valence-electron chi connectivity index (χ0n) is 17.8. The minimum Gasteiger partial charge on any atom is -0.389 e. The van der Waals surface area contributed by atoms with Crippen LogP contribution in [-0.4, -0.2) is 23.3 Å². The summed E-state index contributed by atoms with van der Waals surface area (Å²) in [5.41, 5.74) is 3.59. The van der Waals surface area contributed by atoms with Crippen LogP contribution in [0.25, 0.3) is 0 Å². The second-order valence-electron chi connectivity index (χ2n) is 10.1. The summed E-state index contributed by atoms with van der Waals surface area (Å²) in [4.78, 5) is 25.0. The molecule has 0 aromatic heterocycles. The van der Waals surface area contributed by atoms with Gasteiger partial charge in [-0.05, 0) is 73.5 Å². The second kappa shape index (κ2) is 6.88. The molecule has 2 saturated carbocycles. The molecule has 4 aliphatic carbocycles. The van der Waals surface area contributed by atoms with Gasteiger partial charge in [-0.25, -0.2) is 0 Å². The largest absolute Gasteiger partial charge is 0.389 e. The van der Waals surface area contributed by atoms with Gasteiger partial charge >= 0.3 is 0 Å². The first-order valence-corrected chi connectivity index (χ1v) is 11.2. The van der Waals surface area contributed by atoms with E-state index in [0.29, 0.717) is 11.8 Å². The van der Waals surface area contributed by atoms with E-state index in [1.54, 1.807) is 6.08 Å². The van der Waals surface area contributed by atoms with Crippen LogP contribution in [-0.2, 0) is 9.59 Å². The lowest BCUT2D eigenvalue weighted by molar-refractivity contribution is -0.130. The highest BCUT2D eigenvalue weighted by molar-refractivity contribution is 6.01. The molecule has 3 heteroatoms. The monoisotopic (exact) mass is 402 g/mol. The highest BCUT2D eigenvalue weighted by Gasteiger charge is 2.60. The molecule has 2 fully saturated rings. The van der Waals surface area contributed by atoms with Gasteiger partial charge in [-0.2, -0.15) is 0 Å². The topological polar surface area (TPSA) is 54.4 Å². The number of aliphatic hydroxyl groups excluding tert-OH is 1. The van der Waals surface area contributed by atoms with Crippen molar-refractivity contribution in [3.8, 4) is 0 Å². The van der Waals surface area contributed by atoms with Crippen LogP contribution in [0, 0.1) is 28.6 Å². The fourth-order valence-electron chi connectivity index (χ4n) is 7.29. The molecule has 0 saturated heterocycles. The molecule has 5 rings (SSSR count). The predicted octanol–water partition coefficient (Wildman–Crippen LogP) is 4.79. The smallest absolute Gasteiger partial charge is 0.178 e. The Morgan fingerprint density at radius 3 is 2.67 bits per heavy atom. The number of carbonyl (C=O) groups excluding carboxylic acids is 2. The molecule has 6 atom stereocenters. The number of carbonyl (C=O) groups is 2. The Morgan fingerprint density at radius 2 is 1.93 bits per heavy atom. The van der Waals surface area contributed by atoms with E-state index in [1.807, 2.05) is 24.3 Å². The summed E-state index contributed by atoms with van der Waals surface area (Å²) in [6, 6.07) is 10.4. The van der Waals surface area contributed by atoms with Gasteiger partial charge in [0.25, 0.3) is 0 Å². The Morgan fingerprint density at radius 1 is 1.17 bits per heavy atom. The average Bonchev–Trinajstić information content (AvgIpc) is 3.07. The van der Waals surface area contributed by atoms with Crippen molar-refractivity contribution in [1.29, 1.82) is 0 Å². The SMILES string of the molecule is CC12C=CC(=O)C=C1CCC1C2=CCC2(C)C1CC(c1ccccc1)C2C(=O)CO. The molecule has 6 unspecified atom stereocenters. The summed E-state index contributed by atoms with van der Waals surface area (Å²) < 4.78 is 0. The van der Waals surface area contributed by atoms with Crippen molar-refractivity contribution < 1.29 is 14.7 Å². The van der Waals surface area contributed by atoms with E-state index in [2.05, 4.69) is 38.1 Å². The van der Waals surface area contributed by atoms with Crippen LogP contribution < -0.4 is 0 Å². The molecule has 0 heterocycles. The van der Waals surface area contributed by atoms with Crippen molar-refractivity contribution in [2.75, 3.05) is 6.61 Å². The molecular weight excluding hydrogens is 372 g/mol. The quantitative estimate of drug-likeness (QED) is 0.740. The van der Waals surface area contributed by atoms with Crippen LogP contribution in [0.15, 0.2) is 65.8 Å². The average molecular weight is 403 g/mol. The third-order valence-corrected chi connectivity index (χ3v) is 8.73. The van der Waals surface area contributed by atoms with Crippen molar-refractivity contribution >= 4 is 11.6 Å². The van der Waals surface area contributed by atoms with Crippen LogP contribution in [0.1, 0.15) is 51.0 Å². The molecule has 0 spiro atoms. The highest BCUT2D eigenvalue weighted by atomic mass is 16.3. The van der Waals surface area contributed by atoms with E-state index >= 15 is 0 Å². The molecule has 1 aromatic carbocycles. The van der Waals surface area contributed by atoms with Gasteiger partial charge in [-0.15, -0.1) is 0 Å². The maximum Gasteiger partial charge on any atom is 0.178 e. The fraction of sp³-hybridized carbons (Fsp3) is 0.481. The Balaban J connectivity index is 1.58. The summed E-state index contributed by atoms with van der Waals surface area (Å²) in [7, 11) is 0. The van der Waals surface area contributed by atoms with Gasteiger partial charge in [0, 0.05) is 11.3 Å². The van der Waals surface area contributed by atoms with Gasteiger partial charge in [-0.1, -0.05) is 60.6 Å². The Labute approximate surface area is 178 Å². The number of hydrogen-bond acceptors (Lipinski definition) is 3. The summed E-state index contributed by atoms with van der Waals surface area (Å²) in [5.74, 6) is 0.916. The summed E-state index contributed by atoms with van der Waals surface area (Å²) in [6.07, 6.45) is 11.9. The van der Waals surface area contributed by atoms with Crippen molar-refractivity contribution in [2.45, 2.75) is 45.4 Å². The van der Waals surface area contributed by atoms with Crippen molar-refractivity contribution in [2.24, 2.45) is 28.6 Å². The Bertz CT molecular complexity index is 985. The van der Waals surface area contributed by atoms with Gasteiger partial charge < -0.3 is 5.11 Å². The minimum atomic E-state index is -0.382. The Hall–Kier alpha value is -2.26. The van der Waals surface area contributed by atoms with Crippen LogP contribution in [0.5, 0.6) is 0 Å². The first kappa shape index (κ1) is 19.7. The normalized spacial score (nSPS) is 39.5. The van der Waals surface area contributed by atoms with E-state index in [1.165, 1.54) is 16.7 Å². The zero-order valence-corrected chi connectivity index (χ0v) is 17.8. The van der Waals surface area contributed by atoms with E-state index < -0.39 is 0 Å². The molecule has 156 valence electrons. The molecule has 0 bridgehead atoms. The first-order valence-electron chi connectivity index (χ1n) is 11.2. The number of allylic oxidation sites excluding steroid dienone is 6. The standard InChI is InChI=1S/C27H30O3/c1-26-12-10-19(29)14-18(26)8-9-20-22(26)11-13-27(2)23(20)15-21(25(27)24(30)16-28)17-6-4-3-5-7-17/h3-7,10-12,14,20-21,23,25,28H,8-9,13,15-16H2,1-2H3. The predicted molar refractivity (Wildman–Crippen MR) is 117 cm³/mol. The molecule has 3 nitrogen and oxygen atoms in total. The maximum atomic E-state index is 13.0. The molecule has 0 radical (unpaired) electrons. The van der Waals surface area contributed by atoms with Gasteiger partial charge in [-0.3, -0.25) is 9.59 Å². The molecule has 0 amide bonds. The fourth-order valence-corrected chi connectivity index (χ4v) is 7.29. The van der Waals surface area contributed by atoms with Crippen LogP contribution >= 0.6 is 0 Å². The third kappa shape index (κ3) is 2.68. The number of fused-ring (bicyclic) bond motifs is 5. The number of rotatable bonds is 3. The Kier molecular flexibility index (Phi) is 4.52. The lowest BCUT2D eigenvalue weighted by Gasteiger charge is -2.52. The van der Waals surface area contributed by atoms with E-state index in [-0.39, 0.29) is 40.8 Å². The number of ketones is 2. The van der Waals surface area contributed by atoms with E-state index in [0.717, 1.165) is 25.7 Å². The molecule has 1 aromatic rings. The van der Waals surface area contributed by atoms with E-state index in [9.17, 15) is 14.7 Å². The van der Waals surface area contributed by atoms with Gasteiger partial charge in [0.2, 0.25) is 0 Å². The highest BCUT2D eigenvalue weighted by Crippen LogP contribution is 2.66. The molecule has 4 aliphatic rings. The zero-order chi connectivity index (χ0) is 21.1. The molecule has 30 heavy (non-hydrogen) atoms. The molecule has 0 aliphatic heterocycles. The van der Waals surface area contributed by atoms with Gasteiger partial charge in [0.1, 0.15) is 6.61 Å². The second-order valence-corrected chi connectivity index (χ2v) is 10.1. The van der Waals surface area contributed by atoms with Crippen molar-refractivity contribution in [3.05, 3.63) is 71.3 Å². The number of aliphatic hydroxyl groups is 1. The van der Waals surface area contributed by atoms with Crippen LogP contribution in [0.4, 0.5) is 0 Å². The maximum absolute atomic E-state index is 13.0. The van der Waals surface area contributed by atoms with E-state index in [4.69, 9.17) is 0 Å². The lowest BCUT2D eigenvalue weighted by Crippen LogP contribution is -2.45. The lowest BCUT2D eigenvalue weighted by atomic mass is 9.52. The van der Waals surface area contributed by atoms with Crippen LogP contribution in [0.2, 0.25) is 0 Å². The van der Waals surface area contributed by atoms with Crippen molar-refractivity contribution in [1.82, 2.24) is 0 Å². The number of hydrogen-bond donors (Lipinski definition) is 1. The minimum absolute atomic E-state index is 0.0172. The molecule has 1 N–H and O–H groups in total. The van der Waals surface area contributed by atoms with Crippen molar-refractivity contribution in [3.63, 3.8) is 0 Å². The molecular formula is C27H30O3.